The lowest BCUT2D eigenvalue weighted by Gasteiger charge is -2.26. The van der Waals surface area contributed by atoms with Crippen LogP contribution in [0.25, 0.3) is 0 Å². The molecule has 2 aliphatic rings. The van der Waals surface area contributed by atoms with Gasteiger partial charge in [0.2, 0.25) is 11.8 Å². The topological polar surface area (TPSA) is 67.9 Å². The van der Waals surface area contributed by atoms with Crippen LogP contribution in [0, 0.1) is 12.3 Å². The molecule has 146 valence electrons. The number of hydrogen-bond acceptors (Lipinski definition) is 4. The van der Waals surface area contributed by atoms with Crippen LogP contribution in [0.1, 0.15) is 25.3 Å². The van der Waals surface area contributed by atoms with Gasteiger partial charge in [0.15, 0.2) is 11.5 Å². The first kappa shape index (κ1) is 18.3. The maximum Gasteiger partial charge on any atom is 0.242 e. The molecule has 0 bridgehead atoms. The maximum atomic E-state index is 13.3. The van der Waals surface area contributed by atoms with Crippen molar-refractivity contribution in [2.45, 2.75) is 26.7 Å². The summed E-state index contributed by atoms with van der Waals surface area (Å²) >= 11 is 0. The van der Waals surface area contributed by atoms with Gasteiger partial charge in [0, 0.05) is 24.0 Å². The minimum atomic E-state index is -0.993. The summed E-state index contributed by atoms with van der Waals surface area (Å²) in [6, 6.07) is 13.1. The third-order valence-electron chi connectivity index (χ3n) is 5.27. The fraction of sp³-hybridized carbons (Fsp3) is 0.364. The molecule has 6 heteroatoms. The Morgan fingerprint density at radius 2 is 1.82 bits per heavy atom. The second kappa shape index (κ2) is 7.19. The van der Waals surface area contributed by atoms with Crippen molar-refractivity contribution >= 4 is 23.2 Å². The number of carbonyl (C=O) groups excluding carboxylic acids is 2. The molecule has 1 N–H and O–H groups in total. The molecule has 2 amide bonds. The fourth-order valence-corrected chi connectivity index (χ4v) is 3.53. The van der Waals surface area contributed by atoms with Crippen LogP contribution in [0.5, 0.6) is 11.5 Å². The van der Waals surface area contributed by atoms with Crippen LogP contribution in [0.15, 0.2) is 42.5 Å². The van der Waals surface area contributed by atoms with Crippen molar-refractivity contribution in [3.8, 4) is 11.5 Å². The number of amides is 2. The summed E-state index contributed by atoms with van der Waals surface area (Å²) in [5, 5.41) is 2.90. The van der Waals surface area contributed by atoms with Crippen molar-refractivity contribution < 1.29 is 19.1 Å². The molecule has 2 aromatic rings. The van der Waals surface area contributed by atoms with E-state index in [2.05, 4.69) is 5.32 Å². The highest BCUT2D eigenvalue weighted by molar-refractivity contribution is 6.17. The number of rotatable bonds is 5. The molecule has 0 spiro atoms. The summed E-state index contributed by atoms with van der Waals surface area (Å²) in [6.07, 6.45) is 1.12. The lowest BCUT2D eigenvalue weighted by molar-refractivity contribution is -0.132. The molecule has 2 aromatic carbocycles. The molecule has 0 saturated heterocycles. The number of aryl methyl sites for hydroxylation is 1. The van der Waals surface area contributed by atoms with Crippen LogP contribution < -0.4 is 19.7 Å². The highest BCUT2D eigenvalue weighted by Crippen LogP contribution is 2.49. The summed E-state index contributed by atoms with van der Waals surface area (Å²) in [7, 11) is 0. The quantitative estimate of drug-likeness (QED) is 0.806. The van der Waals surface area contributed by atoms with Crippen molar-refractivity contribution in [1.29, 1.82) is 0 Å². The molecule has 1 heterocycles. The molecule has 1 fully saturated rings. The van der Waals surface area contributed by atoms with Gasteiger partial charge >= 0.3 is 0 Å². The average molecular weight is 380 g/mol. The number of anilines is 2. The Morgan fingerprint density at radius 3 is 2.50 bits per heavy atom. The minimum absolute atomic E-state index is 0.143. The van der Waals surface area contributed by atoms with E-state index in [1.54, 1.807) is 23.1 Å². The van der Waals surface area contributed by atoms with E-state index in [1.165, 1.54) is 0 Å². The third kappa shape index (κ3) is 3.30. The maximum absolute atomic E-state index is 13.3. The zero-order chi connectivity index (χ0) is 19.7. The van der Waals surface area contributed by atoms with Gasteiger partial charge in [-0.2, -0.15) is 0 Å². The largest absolute Gasteiger partial charge is 0.486 e. The van der Waals surface area contributed by atoms with Gasteiger partial charge in [-0.1, -0.05) is 12.1 Å². The summed E-state index contributed by atoms with van der Waals surface area (Å²) in [4.78, 5) is 27.9. The van der Waals surface area contributed by atoms with Gasteiger partial charge in [-0.3, -0.25) is 9.59 Å². The van der Waals surface area contributed by atoms with Gasteiger partial charge in [0.05, 0.1) is 0 Å². The van der Waals surface area contributed by atoms with Crippen LogP contribution in [-0.2, 0) is 9.59 Å². The highest BCUT2D eigenvalue weighted by atomic mass is 16.6. The lowest BCUT2D eigenvalue weighted by atomic mass is 10.0. The van der Waals surface area contributed by atoms with Crippen molar-refractivity contribution in [3.05, 3.63) is 48.0 Å². The SMILES string of the molecule is CCN(C(=O)C1(C(=O)Nc2ccc3c(c2)OCCO3)CC1)c1cccc(C)c1. The van der Waals surface area contributed by atoms with E-state index in [0.717, 1.165) is 11.3 Å². The number of nitrogens with zero attached hydrogens (tertiary/aromatic N) is 1. The number of fused-ring (bicyclic) bond motifs is 1. The van der Waals surface area contributed by atoms with E-state index in [9.17, 15) is 9.59 Å². The van der Waals surface area contributed by atoms with E-state index < -0.39 is 5.41 Å². The summed E-state index contributed by atoms with van der Waals surface area (Å²) in [5.41, 5.74) is 1.51. The first-order valence-electron chi connectivity index (χ1n) is 9.63. The number of benzene rings is 2. The van der Waals surface area contributed by atoms with Crippen molar-refractivity contribution in [2.75, 3.05) is 30.0 Å². The predicted molar refractivity (Wildman–Crippen MR) is 107 cm³/mol. The summed E-state index contributed by atoms with van der Waals surface area (Å²) in [5.74, 6) is 0.865. The van der Waals surface area contributed by atoms with Crippen molar-refractivity contribution in [3.63, 3.8) is 0 Å². The standard InChI is InChI=1S/C22H24N2O4/c1-3-24(17-6-4-5-15(2)13-17)21(26)22(9-10-22)20(25)23-16-7-8-18-19(14-16)28-12-11-27-18/h4-8,13-14H,3,9-12H2,1-2H3,(H,23,25). The molecule has 1 aliphatic heterocycles. The molecular formula is C22H24N2O4. The lowest BCUT2D eigenvalue weighted by Crippen LogP contribution is -2.43. The minimum Gasteiger partial charge on any atom is -0.486 e. The van der Waals surface area contributed by atoms with Crippen molar-refractivity contribution in [2.24, 2.45) is 5.41 Å². The monoisotopic (exact) mass is 380 g/mol. The van der Waals surface area contributed by atoms with Gasteiger partial charge in [-0.15, -0.1) is 0 Å². The van der Waals surface area contributed by atoms with Crippen LogP contribution in [0.3, 0.4) is 0 Å². The zero-order valence-electron chi connectivity index (χ0n) is 16.2. The third-order valence-corrected chi connectivity index (χ3v) is 5.27. The first-order valence-corrected chi connectivity index (χ1v) is 9.63. The molecule has 28 heavy (non-hydrogen) atoms. The van der Waals surface area contributed by atoms with E-state index >= 15 is 0 Å². The smallest absolute Gasteiger partial charge is 0.242 e. The summed E-state index contributed by atoms with van der Waals surface area (Å²) in [6.45, 7) is 5.43. The average Bonchev–Trinajstić information content (AvgIpc) is 3.51. The Balaban J connectivity index is 1.53. The Hall–Kier alpha value is -3.02. The van der Waals surface area contributed by atoms with E-state index in [4.69, 9.17) is 9.47 Å². The molecule has 6 nitrogen and oxygen atoms in total. The van der Waals surface area contributed by atoms with E-state index in [0.29, 0.717) is 49.8 Å². The Morgan fingerprint density at radius 1 is 1.07 bits per heavy atom. The van der Waals surface area contributed by atoms with Crippen LogP contribution in [0.2, 0.25) is 0 Å². The fourth-order valence-electron chi connectivity index (χ4n) is 3.53. The predicted octanol–water partition coefficient (Wildman–Crippen LogP) is 3.54. The number of ether oxygens (including phenoxy) is 2. The Kier molecular flexibility index (Phi) is 4.71. The number of carbonyl (C=O) groups is 2. The van der Waals surface area contributed by atoms with Gasteiger partial charge in [-0.05, 0) is 56.5 Å². The molecule has 0 aromatic heterocycles. The van der Waals surface area contributed by atoms with Crippen LogP contribution >= 0.6 is 0 Å². The van der Waals surface area contributed by atoms with E-state index in [1.807, 2.05) is 38.1 Å². The van der Waals surface area contributed by atoms with Gasteiger partial charge in [0.25, 0.3) is 0 Å². The first-order chi connectivity index (χ1) is 13.5. The molecule has 1 aliphatic carbocycles. The van der Waals surface area contributed by atoms with Crippen LogP contribution in [0.4, 0.5) is 11.4 Å². The molecule has 0 unspecified atom stereocenters. The molecule has 0 atom stereocenters. The van der Waals surface area contributed by atoms with Crippen molar-refractivity contribution in [1.82, 2.24) is 0 Å². The van der Waals surface area contributed by atoms with Crippen LogP contribution in [-0.4, -0.2) is 31.6 Å². The molecule has 1 saturated carbocycles. The second-order valence-corrected chi connectivity index (χ2v) is 7.28. The molecular weight excluding hydrogens is 356 g/mol. The van der Waals surface area contributed by atoms with Gasteiger partial charge < -0.3 is 19.7 Å². The number of hydrogen-bond donors (Lipinski definition) is 1. The summed E-state index contributed by atoms with van der Waals surface area (Å²) < 4.78 is 11.1. The second-order valence-electron chi connectivity index (χ2n) is 7.28. The zero-order valence-corrected chi connectivity index (χ0v) is 16.2. The Bertz CT molecular complexity index is 921. The normalized spacial score (nSPS) is 16.2. The van der Waals surface area contributed by atoms with E-state index in [-0.39, 0.29) is 11.8 Å². The highest BCUT2D eigenvalue weighted by Gasteiger charge is 2.58. The van der Waals surface area contributed by atoms with Gasteiger partial charge in [-0.25, -0.2) is 0 Å². The molecule has 0 radical (unpaired) electrons. The van der Waals surface area contributed by atoms with Gasteiger partial charge in [0.1, 0.15) is 18.6 Å². The Labute approximate surface area is 164 Å². The molecule has 4 rings (SSSR count). The number of nitrogens with one attached hydrogen (secondary N) is 1.